The number of aryl methyl sites for hydroxylation is 2. The van der Waals surface area contributed by atoms with Crippen LogP contribution in [-0.4, -0.2) is 26.8 Å². The monoisotopic (exact) mass is 419 g/mol. The van der Waals surface area contributed by atoms with Crippen molar-refractivity contribution in [3.8, 4) is 11.6 Å². The van der Waals surface area contributed by atoms with E-state index in [0.717, 1.165) is 50.0 Å². The van der Waals surface area contributed by atoms with Gasteiger partial charge >= 0.3 is 0 Å². The Labute approximate surface area is 184 Å². The van der Waals surface area contributed by atoms with E-state index in [1.54, 1.807) is 0 Å². The Morgan fingerprint density at radius 1 is 0.844 bits per heavy atom. The molecule has 0 aliphatic carbocycles. The second-order valence-electron chi connectivity index (χ2n) is 8.01. The minimum atomic E-state index is 0.566. The van der Waals surface area contributed by atoms with E-state index in [9.17, 15) is 0 Å². The Balaban J connectivity index is 1.53. The van der Waals surface area contributed by atoms with E-state index < -0.39 is 0 Å². The van der Waals surface area contributed by atoms with E-state index in [-0.39, 0.29) is 0 Å². The van der Waals surface area contributed by atoms with Gasteiger partial charge in [-0.3, -0.25) is 4.68 Å². The Bertz CT molecular complexity index is 1600. The molecule has 0 atom stereocenters. The van der Waals surface area contributed by atoms with Gasteiger partial charge in [0.2, 0.25) is 0 Å². The highest BCUT2D eigenvalue weighted by atomic mass is 16.3. The summed E-state index contributed by atoms with van der Waals surface area (Å²) in [7, 11) is 3.99. The summed E-state index contributed by atoms with van der Waals surface area (Å²) in [6, 6.07) is 24.3. The third-order valence-corrected chi connectivity index (χ3v) is 6.05. The van der Waals surface area contributed by atoms with Gasteiger partial charge in [0.15, 0.2) is 11.6 Å². The van der Waals surface area contributed by atoms with Gasteiger partial charge in [-0.15, -0.1) is 0 Å². The number of anilines is 2. The third-order valence-electron chi connectivity index (χ3n) is 6.05. The van der Waals surface area contributed by atoms with Gasteiger partial charge in [0.05, 0.1) is 11.0 Å². The largest absolute Gasteiger partial charge is 0.453 e. The Morgan fingerprint density at radius 3 is 2.53 bits per heavy atom. The molecule has 0 saturated heterocycles. The van der Waals surface area contributed by atoms with Crippen LogP contribution in [-0.2, 0) is 7.05 Å². The van der Waals surface area contributed by atoms with Crippen LogP contribution in [0.25, 0.3) is 44.4 Å². The van der Waals surface area contributed by atoms with Gasteiger partial charge in [-0.25, -0.2) is 9.97 Å². The van der Waals surface area contributed by atoms with Crippen LogP contribution >= 0.6 is 0 Å². The summed E-state index contributed by atoms with van der Waals surface area (Å²) in [5.74, 6) is 2.04. The minimum absolute atomic E-state index is 0.566. The summed E-state index contributed by atoms with van der Waals surface area (Å²) in [5, 5.41) is 7.81. The molecule has 0 N–H and O–H groups in total. The van der Waals surface area contributed by atoms with Crippen LogP contribution in [0.15, 0.2) is 77.2 Å². The maximum Gasteiger partial charge on any atom is 0.198 e. The molecule has 3 aromatic carbocycles. The van der Waals surface area contributed by atoms with Crippen LogP contribution in [0.1, 0.15) is 5.69 Å². The van der Waals surface area contributed by atoms with Gasteiger partial charge in [0, 0.05) is 41.6 Å². The lowest BCUT2D eigenvalue weighted by molar-refractivity contribution is 0.625. The Hall–Kier alpha value is -4.19. The van der Waals surface area contributed by atoms with E-state index in [2.05, 4.69) is 35.1 Å². The van der Waals surface area contributed by atoms with Crippen LogP contribution in [0.4, 0.5) is 11.5 Å². The van der Waals surface area contributed by atoms with Crippen LogP contribution in [0.5, 0.6) is 0 Å². The van der Waals surface area contributed by atoms with Gasteiger partial charge in [-0.1, -0.05) is 30.3 Å². The summed E-state index contributed by atoms with van der Waals surface area (Å²) in [4.78, 5) is 11.8. The van der Waals surface area contributed by atoms with Gasteiger partial charge in [-0.2, -0.15) is 5.10 Å². The molecule has 6 heteroatoms. The molecule has 0 aliphatic rings. The molecule has 0 amide bonds. The molecule has 3 aromatic heterocycles. The average molecular weight is 419 g/mol. The summed E-state index contributed by atoms with van der Waals surface area (Å²) in [5.41, 5.74) is 4.81. The highest BCUT2D eigenvalue weighted by Gasteiger charge is 2.17. The number of para-hydroxylation sites is 2. The zero-order chi connectivity index (χ0) is 21.8. The fourth-order valence-electron chi connectivity index (χ4n) is 4.17. The predicted octanol–water partition coefficient (Wildman–Crippen LogP) is 6.01. The van der Waals surface area contributed by atoms with Gasteiger partial charge in [-0.05, 0) is 49.4 Å². The zero-order valence-corrected chi connectivity index (χ0v) is 18.1. The van der Waals surface area contributed by atoms with Crippen molar-refractivity contribution < 1.29 is 4.42 Å². The van der Waals surface area contributed by atoms with Crippen molar-refractivity contribution in [2.75, 3.05) is 11.9 Å². The van der Waals surface area contributed by atoms with Gasteiger partial charge in [0.1, 0.15) is 11.4 Å². The van der Waals surface area contributed by atoms with Crippen molar-refractivity contribution in [1.82, 2.24) is 19.7 Å². The van der Waals surface area contributed by atoms with Crippen LogP contribution in [0, 0.1) is 6.92 Å². The molecule has 32 heavy (non-hydrogen) atoms. The number of hydrogen-bond acceptors (Lipinski definition) is 5. The topological polar surface area (TPSA) is 60.0 Å². The molecule has 3 heterocycles. The maximum atomic E-state index is 6.06. The Kier molecular flexibility index (Phi) is 4.01. The first-order valence-electron chi connectivity index (χ1n) is 10.5. The Morgan fingerprint density at radius 2 is 1.66 bits per heavy atom. The van der Waals surface area contributed by atoms with E-state index in [4.69, 9.17) is 14.4 Å². The first-order chi connectivity index (χ1) is 15.6. The van der Waals surface area contributed by atoms with E-state index in [1.165, 1.54) is 0 Å². The number of nitrogens with zero attached hydrogens (tertiary/aromatic N) is 5. The van der Waals surface area contributed by atoms with Gasteiger partial charge in [0.25, 0.3) is 0 Å². The average Bonchev–Trinajstić information content (AvgIpc) is 3.38. The molecule has 0 bridgehead atoms. The molecular formula is C26H21N5O. The van der Waals surface area contributed by atoms with Crippen molar-refractivity contribution in [3.63, 3.8) is 0 Å². The molecule has 0 aliphatic heterocycles. The number of aromatic nitrogens is 4. The van der Waals surface area contributed by atoms with Gasteiger partial charge < -0.3 is 9.32 Å². The number of furan rings is 1. The van der Waals surface area contributed by atoms with E-state index in [1.807, 2.05) is 73.4 Å². The summed E-state index contributed by atoms with van der Waals surface area (Å²) < 4.78 is 7.97. The van der Waals surface area contributed by atoms with Crippen molar-refractivity contribution in [1.29, 1.82) is 0 Å². The molecular weight excluding hydrogens is 398 g/mol. The SMILES string of the molecule is Cc1c2ccc(N(C)c3nc(-c4cc5ccccc5o4)nc4ccccc34)cc2nn1C. The fraction of sp³-hybridized carbons (Fsp3) is 0.115. The standard InChI is InChI=1S/C26H21N5O/c1-16-19-13-12-18(15-22(19)29-31(16)3)30(2)26-20-9-5-6-10-21(20)27-25(28-26)24-14-17-8-4-7-11-23(17)32-24/h4-15H,1-3H3. The smallest absolute Gasteiger partial charge is 0.198 e. The van der Waals surface area contributed by atoms with Crippen molar-refractivity contribution >= 4 is 44.3 Å². The minimum Gasteiger partial charge on any atom is -0.453 e. The normalized spacial score (nSPS) is 11.6. The predicted molar refractivity (Wildman–Crippen MR) is 128 cm³/mol. The number of fused-ring (bicyclic) bond motifs is 3. The zero-order valence-electron chi connectivity index (χ0n) is 18.1. The highest BCUT2D eigenvalue weighted by molar-refractivity contribution is 5.94. The number of rotatable bonds is 3. The van der Waals surface area contributed by atoms with E-state index in [0.29, 0.717) is 11.6 Å². The first-order valence-corrected chi connectivity index (χ1v) is 10.5. The van der Waals surface area contributed by atoms with E-state index >= 15 is 0 Å². The molecule has 0 fully saturated rings. The van der Waals surface area contributed by atoms with Crippen molar-refractivity contribution in [2.45, 2.75) is 6.92 Å². The second-order valence-corrected chi connectivity index (χ2v) is 8.01. The fourth-order valence-corrected chi connectivity index (χ4v) is 4.17. The molecule has 6 aromatic rings. The quantitative estimate of drug-likeness (QED) is 0.352. The van der Waals surface area contributed by atoms with Crippen molar-refractivity contribution in [3.05, 3.63) is 78.5 Å². The van der Waals surface area contributed by atoms with Crippen LogP contribution in [0.2, 0.25) is 0 Å². The lowest BCUT2D eigenvalue weighted by atomic mass is 10.1. The second kappa shape index (κ2) is 6.92. The summed E-state index contributed by atoms with van der Waals surface area (Å²) in [6.07, 6.45) is 0. The lowest BCUT2D eigenvalue weighted by Crippen LogP contribution is -2.12. The molecule has 0 radical (unpaired) electrons. The third kappa shape index (κ3) is 2.84. The molecule has 6 nitrogen and oxygen atoms in total. The maximum absolute atomic E-state index is 6.06. The highest BCUT2D eigenvalue weighted by Crippen LogP contribution is 2.34. The molecule has 156 valence electrons. The molecule has 0 unspecified atom stereocenters. The molecule has 6 rings (SSSR count). The number of benzene rings is 3. The number of hydrogen-bond donors (Lipinski definition) is 0. The molecule has 0 spiro atoms. The summed E-state index contributed by atoms with van der Waals surface area (Å²) in [6.45, 7) is 2.08. The van der Waals surface area contributed by atoms with Crippen LogP contribution in [0.3, 0.4) is 0 Å². The first kappa shape index (κ1) is 18.6. The lowest BCUT2D eigenvalue weighted by Gasteiger charge is -2.20. The van der Waals surface area contributed by atoms with Crippen molar-refractivity contribution in [2.24, 2.45) is 7.05 Å². The molecule has 0 saturated carbocycles. The summed E-state index contributed by atoms with van der Waals surface area (Å²) >= 11 is 0. The van der Waals surface area contributed by atoms with Crippen LogP contribution < -0.4 is 4.90 Å².